The molecule has 3 rings (SSSR count). The minimum Gasteiger partial charge on any atom is -0.394 e. The zero-order valence-electron chi connectivity index (χ0n) is 18.1. The molecule has 0 spiro atoms. The molecule has 9 heteroatoms. The fourth-order valence-electron chi connectivity index (χ4n) is 3.67. The molecule has 5 N–H and O–H groups in total. The molecule has 32 heavy (non-hydrogen) atoms. The molecule has 0 saturated carbocycles. The molecule has 0 aromatic heterocycles. The van der Waals surface area contributed by atoms with Crippen LogP contribution in [0.4, 0.5) is 5.69 Å². The lowest BCUT2D eigenvalue weighted by molar-refractivity contribution is -0.253. The first-order valence-corrected chi connectivity index (χ1v) is 10.1. The van der Waals surface area contributed by atoms with Crippen LogP contribution in [0.2, 0.25) is 0 Å². The average molecular weight is 441 g/mol. The summed E-state index contributed by atoms with van der Waals surface area (Å²) in [5.41, 5.74) is 1.93. The van der Waals surface area contributed by atoms with Gasteiger partial charge in [0.1, 0.15) is 36.0 Å². The third-order valence-electron chi connectivity index (χ3n) is 5.69. The van der Waals surface area contributed by atoms with Crippen LogP contribution in [-0.2, 0) is 9.53 Å². The summed E-state index contributed by atoms with van der Waals surface area (Å²) >= 11 is 0. The third-order valence-corrected chi connectivity index (χ3v) is 5.69. The highest BCUT2D eigenvalue weighted by Gasteiger charge is 2.44. The predicted octanol–water partition coefficient (Wildman–Crippen LogP) is 0.119. The molecule has 1 heterocycles. The van der Waals surface area contributed by atoms with Crippen molar-refractivity contribution in [3.8, 4) is 6.07 Å². The van der Waals surface area contributed by atoms with E-state index in [9.17, 15) is 25.4 Å². The Bertz CT molecular complexity index is 1080. The van der Waals surface area contributed by atoms with Gasteiger partial charge in [0.05, 0.1) is 6.61 Å². The van der Waals surface area contributed by atoms with Crippen LogP contribution in [0.3, 0.4) is 0 Å². The van der Waals surface area contributed by atoms with Crippen molar-refractivity contribution >= 4 is 27.9 Å². The summed E-state index contributed by atoms with van der Waals surface area (Å²) in [6.07, 6.45) is -5.96. The van der Waals surface area contributed by atoms with Gasteiger partial charge in [0.15, 0.2) is 6.29 Å². The van der Waals surface area contributed by atoms with Crippen molar-refractivity contribution in [2.24, 2.45) is 0 Å². The first-order valence-electron chi connectivity index (χ1n) is 10.1. The highest BCUT2D eigenvalue weighted by Crippen LogP contribution is 2.27. The third kappa shape index (κ3) is 4.60. The number of aliphatic hydroxyl groups excluding tert-OH is 4. The van der Waals surface area contributed by atoms with E-state index in [2.05, 4.69) is 5.32 Å². The van der Waals surface area contributed by atoms with Gasteiger partial charge < -0.3 is 35.4 Å². The second-order valence-corrected chi connectivity index (χ2v) is 7.98. The Morgan fingerprint density at radius 1 is 1.12 bits per heavy atom. The SMILES string of the molecule is C/C(=C(/C#N)C(=O)N[C@H]1C(O)O[C@H](CO)[C@@H](O)[C@@H]1O)c1ccc2cc(N(C)C)ccc2c1. The lowest BCUT2D eigenvalue weighted by Gasteiger charge is -2.40. The zero-order valence-corrected chi connectivity index (χ0v) is 18.1. The highest BCUT2D eigenvalue weighted by molar-refractivity contribution is 6.05. The van der Waals surface area contributed by atoms with Crippen molar-refractivity contribution in [3.63, 3.8) is 0 Å². The number of rotatable bonds is 5. The number of carbonyl (C=O) groups excluding carboxylic acids is 1. The number of allylic oxidation sites excluding steroid dienone is 1. The fraction of sp³-hybridized carbons (Fsp3) is 0.391. The lowest BCUT2D eigenvalue weighted by Crippen LogP contribution is -2.64. The van der Waals surface area contributed by atoms with E-state index in [0.717, 1.165) is 16.5 Å². The summed E-state index contributed by atoms with van der Waals surface area (Å²) in [7, 11) is 3.91. The number of anilines is 1. The molecule has 1 saturated heterocycles. The maximum absolute atomic E-state index is 12.8. The Balaban J connectivity index is 1.87. The molecule has 5 atom stereocenters. The normalized spacial score (nSPS) is 26.2. The number of nitrogens with zero attached hydrogens (tertiary/aromatic N) is 2. The van der Waals surface area contributed by atoms with Gasteiger partial charge in [0.25, 0.3) is 5.91 Å². The molecular weight excluding hydrogens is 414 g/mol. The largest absolute Gasteiger partial charge is 0.394 e. The van der Waals surface area contributed by atoms with E-state index in [1.54, 1.807) is 6.92 Å². The predicted molar refractivity (Wildman–Crippen MR) is 118 cm³/mol. The van der Waals surface area contributed by atoms with Gasteiger partial charge in [-0.25, -0.2) is 0 Å². The minimum atomic E-state index is -1.67. The Labute approximate surface area is 185 Å². The summed E-state index contributed by atoms with van der Waals surface area (Å²) < 4.78 is 5.04. The molecule has 0 radical (unpaired) electrons. The molecule has 1 aliphatic rings. The number of ether oxygens (including phenoxy) is 1. The highest BCUT2D eigenvalue weighted by atomic mass is 16.6. The Morgan fingerprint density at radius 2 is 1.78 bits per heavy atom. The van der Waals surface area contributed by atoms with E-state index in [0.29, 0.717) is 11.1 Å². The first-order chi connectivity index (χ1) is 15.2. The van der Waals surface area contributed by atoms with Crippen LogP contribution in [0.15, 0.2) is 42.0 Å². The van der Waals surface area contributed by atoms with Crippen LogP contribution >= 0.6 is 0 Å². The van der Waals surface area contributed by atoms with Gasteiger partial charge in [-0.15, -0.1) is 0 Å². The van der Waals surface area contributed by atoms with Gasteiger partial charge in [-0.2, -0.15) is 5.26 Å². The molecule has 1 unspecified atom stereocenters. The van der Waals surface area contributed by atoms with Crippen LogP contribution in [-0.4, -0.2) is 77.7 Å². The standard InChI is InChI=1S/C23H27N3O6/c1-12(13-4-5-15-9-16(26(2)3)7-6-14(15)8-13)17(10-24)22(30)25-19-21(29)20(28)18(11-27)32-23(19)31/h4-9,18-21,23,27-29,31H,11H2,1-3H3,(H,25,30)/b17-12+/t18-,19-,20-,21-,23?/m1/s1. The van der Waals surface area contributed by atoms with Crippen molar-refractivity contribution in [2.45, 2.75) is 37.6 Å². The summed E-state index contributed by atoms with van der Waals surface area (Å²) in [6, 6.07) is 12.1. The van der Waals surface area contributed by atoms with Gasteiger partial charge in [0, 0.05) is 19.8 Å². The van der Waals surface area contributed by atoms with Gasteiger partial charge in [0.2, 0.25) is 0 Å². The summed E-state index contributed by atoms with van der Waals surface area (Å²) in [5, 5.41) is 53.4. The van der Waals surface area contributed by atoms with Gasteiger partial charge >= 0.3 is 0 Å². The van der Waals surface area contributed by atoms with Crippen LogP contribution in [0, 0.1) is 11.3 Å². The minimum absolute atomic E-state index is 0.201. The van der Waals surface area contributed by atoms with Crippen molar-refractivity contribution < 1.29 is 30.0 Å². The summed E-state index contributed by atoms with van der Waals surface area (Å²) in [6.45, 7) is 1.02. The van der Waals surface area contributed by atoms with E-state index < -0.39 is 43.2 Å². The second kappa shape index (κ2) is 9.65. The average Bonchev–Trinajstić information content (AvgIpc) is 2.78. The number of carbonyl (C=O) groups is 1. The number of fused-ring (bicyclic) bond motifs is 1. The van der Waals surface area contributed by atoms with Crippen LogP contribution in [0.1, 0.15) is 12.5 Å². The topological polar surface area (TPSA) is 146 Å². The van der Waals surface area contributed by atoms with E-state index in [4.69, 9.17) is 9.84 Å². The maximum Gasteiger partial charge on any atom is 0.262 e. The molecular formula is C23H27N3O6. The Kier molecular flexibility index (Phi) is 7.13. The van der Waals surface area contributed by atoms with E-state index >= 15 is 0 Å². The molecule has 0 aliphatic carbocycles. The molecule has 1 amide bonds. The molecule has 0 bridgehead atoms. The lowest BCUT2D eigenvalue weighted by atomic mass is 9.95. The Morgan fingerprint density at radius 3 is 2.41 bits per heavy atom. The maximum atomic E-state index is 12.8. The zero-order chi connectivity index (χ0) is 23.6. The quantitative estimate of drug-likeness (QED) is 0.325. The molecule has 9 nitrogen and oxygen atoms in total. The molecule has 2 aromatic carbocycles. The van der Waals surface area contributed by atoms with E-state index in [-0.39, 0.29) is 5.57 Å². The number of amides is 1. The molecule has 1 aliphatic heterocycles. The van der Waals surface area contributed by atoms with Crippen molar-refractivity contribution in [1.29, 1.82) is 5.26 Å². The number of hydrogen-bond acceptors (Lipinski definition) is 8. The molecule has 170 valence electrons. The van der Waals surface area contributed by atoms with Crippen molar-refractivity contribution in [1.82, 2.24) is 5.32 Å². The van der Waals surface area contributed by atoms with Crippen LogP contribution < -0.4 is 10.2 Å². The van der Waals surface area contributed by atoms with Gasteiger partial charge in [-0.3, -0.25) is 4.79 Å². The van der Waals surface area contributed by atoms with Crippen LogP contribution in [0.5, 0.6) is 0 Å². The molecule has 1 fully saturated rings. The fourth-order valence-corrected chi connectivity index (χ4v) is 3.67. The smallest absolute Gasteiger partial charge is 0.262 e. The van der Waals surface area contributed by atoms with Crippen LogP contribution in [0.25, 0.3) is 16.3 Å². The monoisotopic (exact) mass is 441 g/mol. The van der Waals surface area contributed by atoms with E-state index in [1.165, 1.54) is 0 Å². The van der Waals surface area contributed by atoms with Crippen molar-refractivity contribution in [2.75, 3.05) is 25.6 Å². The van der Waals surface area contributed by atoms with Gasteiger partial charge in [-0.1, -0.05) is 18.2 Å². The molecule has 2 aromatic rings. The second-order valence-electron chi connectivity index (χ2n) is 7.98. The number of nitriles is 1. The number of benzene rings is 2. The van der Waals surface area contributed by atoms with E-state index in [1.807, 2.05) is 61.5 Å². The Hall–Kier alpha value is -3.00. The summed E-state index contributed by atoms with van der Waals surface area (Å²) in [5.74, 6) is -0.825. The van der Waals surface area contributed by atoms with Gasteiger partial charge in [-0.05, 0) is 47.0 Å². The van der Waals surface area contributed by atoms with Crippen molar-refractivity contribution in [3.05, 3.63) is 47.5 Å². The summed E-state index contributed by atoms with van der Waals surface area (Å²) in [4.78, 5) is 14.8. The number of aliphatic hydroxyl groups is 4. The first kappa shape index (κ1) is 23.7. The number of hydrogen-bond donors (Lipinski definition) is 5. The number of nitrogens with one attached hydrogen (secondary N) is 1.